The largest absolute Gasteiger partial charge is 0.478 e. The topological polar surface area (TPSA) is 48.2 Å². The van der Waals surface area contributed by atoms with Crippen LogP contribution in [-0.4, -0.2) is 17.1 Å². The molecule has 0 bridgehead atoms. The first kappa shape index (κ1) is 8.50. The molecule has 0 saturated carbocycles. The molecule has 0 aromatic carbocycles. The molecule has 5 heteroatoms. The van der Waals surface area contributed by atoms with E-state index in [0.717, 1.165) is 15.7 Å². The zero-order valence-electron chi connectivity index (χ0n) is 7.17. The smallest absolute Gasteiger partial charge is 0.261 e. The zero-order valence-corrected chi connectivity index (χ0v) is 8.75. The summed E-state index contributed by atoms with van der Waals surface area (Å²) in [5.74, 6) is 1.23. The number of ether oxygens (including phenoxy) is 1. The second-order valence-electron chi connectivity index (χ2n) is 2.53. The van der Waals surface area contributed by atoms with Gasteiger partial charge in [0.2, 0.25) is 5.58 Å². The van der Waals surface area contributed by atoms with Crippen molar-refractivity contribution >= 4 is 27.0 Å². The number of fused-ring (bicyclic) bond motifs is 1. The highest BCUT2D eigenvalue weighted by Crippen LogP contribution is 2.32. The van der Waals surface area contributed by atoms with Gasteiger partial charge in [0.05, 0.1) is 11.6 Å². The molecule has 0 spiro atoms. The van der Waals surface area contributed by atoms with Gasteiger partial charge in [0.25, 0.3) is 5.88 Å². The Kier molecular flexibility index (Phi) is 1.95. The van der Waals surface area contributed by atoms with Crippen LogP contribution in [0.5, 0.6) is 5.88 Å². The lowest BCUT2D eigenvalue weighted by atomic mass is 10.4. The molecule has 0 aliphatic carbocycles. The van der Waals surface area contributed by atoms with Crippen LogP contribution in [0.15, 0.2) is 15.2 Å². The molecule has 68 valence electrons. The third-order valence-electron chi connectivity index (χ3n) is 1.74. The van der Waals surface area contributed by atoms with Crippen molar-refractivity contribution in [3.8, 4) is 5.88 Å². The first-order valence-corrected chi connectivity index (χ1v) is 4.47. The van der Waals surface area contributed by atoms with Crippen molar-refractivity contribution in [1.82, 2.24) is 9.97 Å². The van der Waals surface area contributed by atoms with Crippen LogP contribution in [-0.2, 0) is 0 Å². The predicted molar refractivity (Wildman–Crippen MR) is 50.8 cm³/mol. The number of nitrogens with zero attached hydrogens (tertiary/aromatic N) is 2. The van der Waals surface area contributed by atoms with Crippen LogP contribution >= 0.6 is 15.9 Å². The summed E-state index contributed by atoms with van der Waals surface area (Å²) in [4.78, 5) is 8.01. The molecular weight excluding hydrogens is 236 g/mol. The maximum atomic E-state index is 5.42. The molecule has 0 aliphatic heterocycles. The van der Waals surface area contributed by atoms with Gasteiger partial charge in [0.15, 0.2) is 0 Å². The molecule has 0 fully saturated rings. The van der Waals surface area contributed by atoms with Crippen molar-refractivity contribution in [2.75, 3.05) is 7.11 Å². The minimum atomic E-state index is 0.457. The highest BCUT2D eigenvalue weighted by molar-refractivity contribution is 9.10. The first-order valence-electron chi connectivity index (χ1n) is 3.67. The molecule has 0 aliphatic rings. The number of furan rings is 1. The maximum Gasteiger partial charge on any atom is 0.261 e. The molecule has 0 atom stereocenters. The van der Waals surface area contributed by atoms with E-state index < -0.39 is 0 Å². The van der Waals surface area contributed by atoms with Crippen LogP contribution in [0.3, 0.4) is 0 Å². The minimum absolute atomic E-state index is 0.457. The second kappa shape index (κ2) is 2.99. The fraction of sp³-hybridized carbons (Fsp3) is 0.250. The number of hydrogen-bond donors (Lipinski definition) is 0. The van der Waals surface area contributed by atoms with Gasteiger partial charge in [-0.05, 0) is 22.9 Å². The quantitative estimate of drug-likeness (QED) is 0.770. The van der Waals surface area contributed by atoms with E-state index in [9.17, 15) is 0 Å². The third-order valence-corrected chi connectivity index (χ3v) is 2.67. The average Bonchev–Trinajstić information content (AvgIpc) is 2.43. The second-order valence-corrected chi connectivity index (χ2v) is 3.33. The van der Waals surface area contributed by atoms with Crippen molar-refractivity contribution in [3.63, 3.8) is 0 Å². The average molecular weight is 243 g/mol. The van der Waals surface area contributed by atoms with Crippen LogP contribution < -0.4 is 4.74 Å². The van der Waals surface area contributed by atoms with Crippen LogP contribution in [0, 0.1) is 6.92 Å². The Bertz CT molecular complexity index is 453. The summed E-state index contributed by atoms with van der Waals surface area (Å²) in [6, 6.07) is 0. The molecule has 2 rings (SSSR count). The van der Waals surface area contributed by atoms with E-state index in [-0.39, 0.29) is 0 Å². The van der Waals surface area contributed by atoms with Crippen LogP contribution in [0.1, 0.15) is 5.76 Å². The SMILES string of the molecule is COc1ncnc2c(Br)c(C)oc12. The van der Waals surface area contributed by atoms with E-state index in [0.29, 0.717) is 11.5 Å². The summed E-state index contributed by atoms with van der Waals surface area (Å²) in [6.45, 7) is 1.85. The minimum Gasteiger partial charge on any atom is -0.478 e. The van der Waals surface area contributed by atoms with Crippen molar-refractivity contribution in [1.29, 1.82) is 0 Å². The molecular formula is C8H7BrN2O2. The number of methoxy groups -OCH3 is 1. The number of rotatable bonds is 1. The van der Waals surface area contributed by atoms with Crippen molar-refractivity contribution in [3.05, 3.63) is 16.6 Å². The van der Waals surface area contributed by atoms with Gasteiger partial charge >= 0.3 is 0 Å². The van der Waals surface area contributed by atoms with Gasteiger partial charge in [0, 0.05) is 0 Å². The normalized spacial score (nSPS) is 10.7. The molecule has 0 saturated heterocycles. The molecule has 2 aromatic rings. The van der Waals surface area contributed by atoms with Gasteiger partial charge in [0.1, 0.15) is 17.6 Å². The summed E-state index contributed by atoms with van der Waals surface area (Å²) in [7, 11) is 1.55. The lowest BCUT2D eigenvalue weighted by Crippen LogP contribution is -1.88. The highest BCUT2D eigenvalue weighted by Gasteiger charge is 2.14. The number of aryl methyl sites for hydroxylation is 1. The number of aromatic nitrogens is 2. The Labute approximate surface area is 83.1 Å². The Morgan fingerprint density at radius 1 is 1.46 bits per heavy atom. The fourth-order valence-electron chi connectivity index (χ4n) is 1.12. The molecule has 0 N–H and O–H groups in total. The molecule has 0 radical (unpaired) electrons. The van der Waals surface area contributed by atoms with Gasteiger partial charge in [-0.2, -0.15) is 4.98 Å². The monoisotopic (exact) mass is 242 g/mol. The highest BCUT2D eigenvalue weighted by atomic mass is 79.9. The van der Waals surface area contributed by atoms with Gasteiger partial charge in [-0.25, -0.2) is 4.98 Å². The standard InChI is InChI=1S/C8H7BrN2O2/c1-4-5(9)6-7(13-4)8(12-2)11-3-10-6/h3H,1-2H3. The van der Waals surface area contributed by atoms with E-state index in [4.69, 9.17) is 9.15 Å². The summed E-state index contributed by atoms with van der Waals surface area (Å²) in [5.41, 5.74) is 1.32. The summed E-state index contributed by atoms with van der Waals surface area (Å²) in [5, 5.41) is 0. The van der Waals surface area contributed by atoms with E-state index >= 15 is 0 Å². The van der Waals surface area contributed by atoms with Gasteiger partial charge < -0.3 is 9.15 Å². The molecule has 0 unspecified atom stereocenters. The fourth-order valence-corrected chi connectivity index (χ4v) is 1.48. The van der Waals surface area contributed by atoms with E-state index in [1.807, 2.05) is 6.92 Å². The van der Waals surface area contributed by atoms with Crippen LogP contribution in [0.25, 0.3) is 11.1 Å². The summed E-state index contributed by atoms with van der Waals surface area (Å²) in [6.07, 6.45) is 1.45. The van der Waals surface area contributed by atoms with Crippen molar-refractivity contribution in [2.24, 2.45) is 0 Å². The van der Waals surface area contributed by atoms with Gasteiger partial charge in [-0.15, -0.1) is 0 Å². The van der Waals surface area contributed by atoms with Gasteiger partial charge in [-0.1, -0.05) is 0 Å². The Balaban J connectivity index is 2.84. The van der Waals surface area contributed by atoms with E-state index in [1.165, 1.54) is 6.33 Å². The Morgan fingerprint density at radius 2 is 2.23 bits per heavy atom. The maximum absolute atomic E-state index is 5.42. The predicted octanol–water partition coefficient (Wildman–Crippen LogP) is 2.30. The van der Waals surface area contributed by atoms with Crippen molar-refractivity contribution < 1.29 is 9.15 Å². The molecule has 2 heterocycles. The lowest BCUT2D eigenvalue weighted by molar-refractivity contribution is 0.391. The third kappa shape index (κ3) is 1.19. The van der Waals surface area contributed by atoms with Crippen LogP contribution in [0.2, 0.25) is 0 Å². The van der Waals surface area contributed by atoms with Crippen LogP contribution in [0.4, 0.5) is 0 Å². The summed E-state index contributed by atoms with van der Waals surface area (Å²) >= 11 is 3.37. The number of halogens is 1. The molecule has 2 aromatic heterocycles. The zero-order chi connectivity index (χ0) is 9.42. The lowest BCUT2D eigenvalue weighted by Gasteiger charge is -1.96. The summed E-state index contributed by atoms with van der Waals surface area (Å²) < 4.78 is 11.3. The Morgan fingerprint density at radius 3 is 2.92 bits per heavy atom. The first-order chi connectivity index (χ1) is 6.24. The number of hydrogen-bond acceptors (Lipinski definition) is 4. The Hall–Kier alpha value is -1.10. The van der Waals surface area contributed by atoms with E-state index in [2.05, 4.69) is 25.9 Å². The molecule has 13 heavy (non-hydrogen) atoms. The molecule has 4 nitrogen and oxygen atoms in total. The molecule has 0 amide bonds. The van der Waals surface area contributed by atoms with Crippen molar-refractivity contribution in [2.45, 2.75) is 6.92 Å². The van der Waals surface area contributed by atoms with Gasteiger partial charge in [-0.3, -0.25) is 0 Å². The van der Waals surface area contributed by atoms with E-state index in [1.54, 1.807) is 7.11 Å².